The summed E-state index contributed by atoms with van der Waals surface area (Å²) < 4.78 is 10.6. The third-order valence-corrected chi connectivity index (χ3v) is 8.06. The van der Waals surface area contributed by atoms with Gasteiger partial charge in [-0.15, -0.1) is 0 Å². The monoisotopic (exact) mass is 544 g/mol. The molecule has 208 valence electrons. The van der Waals surface area contributed by atoms with Crippen molar-refractivity contribution in [2.24, 2.45) is 11.3 Å². The maximum absolute atomic E-state index is 14.1. The van der Waals surface area contributed by atoms with Crippen molar-refractivity contribution in [3.05, 3.63) is 58.6 Å². The number of rotatable bonds is 11. The normalized spacial score (nSPS) is 22.3. The summed E-state index contributed by atoms with van der Waals surface area (Å²) in [4.78, 5) is 29.0. The molecule has 1 heterocycles. The number of hydrogen-bond acceptors (Lipinski definition) is 5. The molecular weight excluding hydrogens is 504 g/mol. The highest BCUT2D eigenvalue weighted by Gasteiger charge is 2.50. The van der Waals surface area contributed by atoms with Crippen LogP contribution >= 0.6 is 11.6 Å². The van der Waals surface area contributed by atoms with Crippen molar-refractivity contribution in [3.8, 4) is 11.5 Å². The minimum atomic E-state index is -1.32. The number of methoxy groups -OCH3 is 2. The van der Waals surface area contributed by atoms with E-state index in [1.54, 1.807) is 26.4 Å². The first-order chi connectivity index (χ1) is 18.1. The highest BCUT2D eigenvalue weighted by molar-refractivity contribution is 6.30. The van der Waals surface area contributed by atoms with Gasteiger partial charge in [-0.05, 0) is 61.4 Å². The average Bonchev–Trinajstić information content (AvgIpc) is 2.91. The summed E-state index contributed by atoms with van der Waals surface area (Å²) in [5.74, 6) is 0.815. The Bertz CT molecular complexity index is 1100. The molecule has 2 N–H and O–H groups in total. The van der Waals surface area contributed by atoms with E-state index in [0.29, 0.717) is 22.9 Å². The largest absolute Gasteiger partial charge is 0.497 e. The van der Waals surface area contributed by atoms with Crippen LogP contribution in [0.15, 0.2) is 42.5 Å². The molecule has 2 aromatic rings. The van der Waals surface area contributed by atoms with Crippen LogP contribution in [0.25, 0.3) is 0 Å². The van der Waals surface area contributed by atoms with Crippen molar-refractivity contribution >= 4 is 23.4 Å². The number of piperidine rings is 1. The molecule has 1 aliphatic heterocycles. The summed E-state index contributed by atoms with van der Waals surface area (Å²) in [6, 6.07) is 13.0. The number of amides is 2. The summed E-state index contributed by atoms with van der Waals surface area (Å²) in [7, 11) is 3.12. The molecule has 2 aromatic carbocycles. The van der Waals surface area contributed by atoms with Crippen LogP contribution in [-0.4, -0.2) is 48.2 Å². The van der Waals surface area contributed by atoms with E-state index in [1.807, 2.05) is 42.2 Å². The number of nitrogens with zero attached hydrogens (tertiary/aromatic N) is 1. The zero-order valence-corrected chi connectivity index (χ0v) is 24.0. The van der Waals surface area contributed by atoms with Gasteiger partial charge in [0.1, 0.15) is 17.6 Å². The molecule has 0 aliphatic carbocycles. The van der Waals surface area contributed by atoms with Crippen molar-refractivity contribution in [2.75, 3.05) is 14.2 Å². The summed E-state index contributed by atoms with van der Waals surface area (Å²) >= 11 is 6.14. The van der Waals surface area contributed by atoms with Crippen LogP contribution in [0.2, 0.25) is 5.02 Å². The van der Waals surface area contributed by atoms with Crippen molar-refractivity contribution in [3.63, 3.8) is 0 Å². The standard InChI is InChI=1S/C30H41ClN2O5/c1-7-23(8-2)33-27(20-9-12-22(31)13-10-20)19(3)16-30(4,29(33)36)17-25(34)28(35)32-18-21-11-14-24(37-5)15-26(21)38-6/h9-15,19,23,25,27,34H,7-8,16-18H2,1-6H3,(H,32,35)/t19?,25?,27?,30-/m1/s1. The Labute approximate surface area is 231 Å². The smallest absolute Gasteiger partial charge is 0.249 e. The summed E-state index contributed by atoms with van der Waals surface area (Å²) in [6.07, 6.45) is 0.929. The molecule has 0 saturated carbocycles. The van der Waals surface area contributed by atoms with Crippen LogP contribution in [0.4, 0.5) is 0 Å². The summed E-state index contributed by atoms with van der Waals surface area (Å²) in [5, 5.41) is 14.4. The lowest BCUT2D eigenvalue weighted by Gasteiger charge is -2.51. The molecule has 7 nitrogen and oxygen atoms in total. The van der Waals surface area contributed by atoms with E-state index < -0.39 is 17.4 Å². The minimum Gasteiger partial charge on any atom is -0.497 e. The Kier molecular flexibility index (Phi) is 10.1. The maximum atomic E-state index is 14.1. The van der Waals surface area contributed by atoms with E-state index in [2.05, 4.69) is 26.1 Å². The molecule has 1 saturated heterocycles. The molecule has 2 amide bonds. The van der Waals surface area contributed by atoms with Gasteiger partial charge in [-0.1, -0.05) is 51.4 Å². The predicted molar refractivity (Wildman–Crippen MR) is 149 cm³/mol. The number of likely N-dealkylation sites (tertiary alicyclic amines) is 1. The van der Waals surface area contributed by atoms with Gasteiger partial charge in [-0.25, -0.2) is 0 Å². The van der Waals surface area contributed by atoms with Gasteiger partial charge in [-0.3, -0.25) is 9.59 Å². The Morgan fingerprint density at radius 2 is 1.82 bits per heavy atom. The number of nitrogens with one attached hydrogen (secondary N) is 1. The van der Waals surface area contributed by atoms with E-state index in [9.17, 15) is 14.7 Å². The number of carbonyl (C=O) groups excluding carboxylic acids is 2. The number of aliphatic hydroxyl groups excluding tert-OH is 1. The van der Waals surface area contributed by atoms with E-state index in [4.69, 9.17) is 21.1 Å². The van der Waals surface area contributed by atoms with Crippen molar-refractivity contribution < 1.29 is 24.2 Å². The van der Waals surface area contributed by atoms with Gasteiger partial charge in [0.25, 0.3) is 0 Å². The Morgan fingerprint density at radius 3 is 2.39 bits per heavy atom. The van der Waals surface area contributed by atoms with E-state index >= 15 is 0 Å². The molecule has 0 bridgehead atoms. The number of aliphatic hydroxyl groups is 1. The third-order valence-electron chi connectivity index (χ3n) is 7.80. The molecule has 0 aromatic heterocycles. The number of benzene rings is 2. The number of ether oxygens (including phenoxy) is 2. The maximum Gasteiger partial charge on any atom is 0.249 e. The molecule has 1 aliphatic rings. The van der Waals surface area contributed by atoms with E-state index in [1.165, 1.54) is 0 Å². The number of hydrogen-bond donors (Lipinski definition) is 2. The molecule has 4 atom stereocenters. The SMILES string of the molecule is CCC(CC)N1C(=O)[C@@](C)(CC(O)C(=O)NCc2ccc(OC)cc2OC)CC(C)C1c1ccc(Cl)cc1. The molecule has 38 heavy (non-hydrogen) atoms. The highest BCUT2D eigenvalue weighted by Crippen LogP contribution is 2.48. The zero-order valence-electron chi connectivity index (χ0n) is 23.3. The Hall–Kier alpha value is -2.77. The molecule has 0 radical (unpaired) electrons. The van der Waals surface area contributed by atoms with Gasteiger partial charge in [0.05, 0.1) is 20.3 Å². The zero-order chi connectivity index (χ0) is 28.0. The van der Waals surface area contributed by atoms with Crippen LogP contribution in [-0.2, 0) is 16.1 Å². The van der Waals surface area contributed by atoms with Crippen LogP contribution in [0.3, 0.4) is 0 Å². The van der Waals surface area contributed by atoms with Gasteiger partial charge in [-0.2, -0.15) is 0 Å². The van der Waals surface area contributed by atoms with Crippen molar-refractivity contribution in [1.82, 2.24) is 10.2 Å². The Morgan fingerprint density at radius 1 is 1.16 bits per heavy atom. The third kappa shape index (κ3) is 6.44. The fourth-order valence-corrected chi connectivity index (χ4v) is 5.96. The molecule has 3 rings (SSSR count). The lowest BCUT2D eigenvalue weighted by molar-refractivity contribution is -0.160. The van der Waals surface area contributed by atoms with Crippen LogP contribution < -0.4 is 14.8 Å². The van der Waals surface area contributed by atoms with Crippen LogP contribution in [0, 0.1) is 11.3 Å². The summed E-state index contributed by atoms with van der Waals surface area (Å²) in [6.45, 7) is 8.38. The lowest BCUT2D eigenvalue weighted by Crippen LogP contribution is -2.56. The second-order valence-corrected chi connectivity index (χ2v) is 11.0. The van der Waals surface area contributed by atoms with Crippen LogP contribution in [0.5, 0.6) is 11.5 Å². The topological polar surface area (TPSA) is 88.1 Å². The van der Waals surface area contributed by atoms with Gasteiger partial charge < -0.3 is 24.8 Å². The van der Waals surface area contributed by atoms with Crippen molar-refractivity contribution in [1.29, 1.82) is 0 Å². The minimum absolute atomic E-state index is 0.0204. The van der Waals surface area contributed by atoms with Crippen LogP contribution in [0.1, 0.15) is 70.5 Å². The average molecular weight is 545 g/mol. The molecule has 0 spiro atoms. The predicted octanol–water partition coefficient (Wildman–Crippen LogP) is 5.53. The van der Waals surface area contributed by atoms with Gasteiger partial charge >= 0.3 is 0 Å². The first kappa shape index (κ1) is 29.8. The number of halogens is 1. The molecule has 3 unspecified atom stereocenters. The lowest BCUT2D eigenvalue weighted by atomic mass is 9.68. The second kappa shape index (κ2) is 12.9. The quantitative estimate of drug-likeness (QED) is 0.388. The van der Waals surface area contributed by atoms with Crippen molar-refractivity contribution in [2.45, 2.75) is 78.1 Å². The molecular formula is C30H41ClN2O5. The summed E-state index contributed by atoms with van der Waals surface area (Å²) in [5.41, 5.74) is 0.934. The van der Waals surface area contributed by atoms with E-state index in [-0.39, 0.29) is 36.9 Å². The fraction of sp³-hybridized carbons (Fsp3) is 0.533. The highest BCUT2D eigenvalue weighted by atomic mass is 35.5. The first-order valence-electron chi connectivity index (χ1n) is 13.3. The second-order valence-electron chi connectivity index (χ2n) is 10.5. The van der Waals surface area contributed by atoms with Gasteiger partial charge in [0.2, 0.25) is 11.8 Å². The molecule has 1 fully saturated rings. The van der Waals surface area contributed by atoms with Gasteiger partial charge in [0.15, 0.2) is 0 Å². The van der Waals surface area contributed by atoms with Gasteiger partial charge in [0, 0.05) is 34.7 Å². The van der Waals surface area contributed by atoms with E-state index in [0.717, 1.165) is 24.0 Å². The number of carbonyl (C=O) groups is 2. The first-order valence-corrected chi connectivity index (χ1v) is 13.7. The Balaban J connectivity index is 1.78. The fourth-order valence-electron chi connectivity index (χ4n) is 5.83. The molecule has 8 heteroatoms.